The first-order chi connectivity index (χ1) is 14.4. The van der Waals surface area contributed by atoms with E-state index in [1.54, 1.807) is 6.33 Å². The number of thiophene rings is 1. The number of nitrogens with zero attached hydrogens (tertiary/aromatic N) is 2. The van der Waals surface area contributed by atoms with E-state index in [4.69, 9.17) is 9.40 Å². The highest BCUT2D eigenvalue weighted by Crippen LogP contribution is 2.48. The van der Waals surface area contributed by atoms with Crippen LogP contribution in [0.1, 0.15) is 44.7 Å². The van der Waals surface area contributed by atoms with Crippen LogP contribution in [0, 0.1) is 0 Å². The van der Waals surface area contributed by atoms with Crippen molar-refractivity contribution in [1.82, 2.24) is 9.97 Å². The normalized spacial score (nSPS) is 16.7. The van der Waals surface area contributed by atoms with Gasteiger partial charge in [-0.2, -0.15) is 0 Å². The number of fused-ring (bicyclic) bond motifs is 6. The number of hydrogen-bond donors (Lipinski definition) is 0. The number of hydrogen-bond acceptors (Lipinski definition) is 5. The van der Waals surface area contributed by atoms with Gasteiger partial charge in [0, 0.05) is 26.3 Å². The van der Waals surface area contributed by atoms with E-state index >= 15 is 0 Å². The maximum atomic E-state index is 6.18. The molecular formula is C25H22N2OS2. The summed E-state index contributed by atoms with van der Waals surface area (Å²) in [4.78, 5) is 10.6. The largest absolute Gasteiger partial charge is 0.438 e. The van der Waals surface area contributed by atoms with Gasteiger partial charge in [-0.05, 0) is 57.5 Å². The molecule has 1 atom stereocenters. The van der Waals surface area contributed by atoms with Gasteiger partial charge in [-0.1, -0.05) is 33.8 Å². The average Bonchev–Trinajstić information content (AvgIpc) is 3.42. The van der Waals surface area contributed by atoms with Crippen molar-refractivity contribution in [3.8, 4) is 11.3 Å². The van der Waals surface area contributed by atoms with E-state index in [0.717, 1.165) is 28.0 Å². The zero-order chi connectivity index (χ0) is 20.6. The Kier molecular flexibility index (Phi) is 3.87. The van der Waals surface area contributed by atoms with Gasteiger partial charge >= 0.3 is 0 Å². The summed E-state index contributed by atoms with van der Waals surface area (Å²) < 4.78 is 7.54. The van der Waals surface area contributed by atoms with E-state index in [1.807, 2.05) is 23.1 Å². The molecule has 0 aliphatic carbocycles. The summed E-state index contributed by atoms with van der Waals surface area (Å²) in [5.74, 6) is 1.67. The lowest BCUT2D eigenvalue weighted by Gasteiger charge is -2.21. The summed E-state index contributed by atoms with van der Waals surface area (Å²) in [5.41, 5.74) is 6.49. The summed E-state index contributed by atoms with van der Waals surface area (Å²) in [7, 11) is 0. The SMILES string of the molecule is CC1CSc2c1ccc1oc3ncnc(-c4cc(C(C)(C)C)c5sccc5c4)c3c21. The molecular weight excluding hydrogens is 408 g/mol. The van der Waals surface area contributed by atoms with Crippen LogP contribution in [0.5, 0.6) is 0 Å². The van der Waals surface area contributed by atoms with Gasteiger partial charge in [0.05, 0.1) is 11.1 Å². The van der Waals surface area contributed by atoms with Crippen molar-refractivity contribution in [3.05, 3.63) is 53.2 Å². The van der Waals surface area contributed by atoms with Crippen LogP contribution in [0.2, 0.25) is 0 Å². The average molecular weight is 431 g/mol. The van der Waals surface area contributed by atoms with Crippen LogP contribution in [-0.4, -0.2) is 15.7 Å². The Morgan fingerprint density at radius 1 is 1.07 bits per heavy atom. The molecule has 3 aromatic heterocycles. The fourth-order valence-corrected chi connectivity index (χ4v) is 7.00. The predicted octanol–water partition coefficient (Wildman–Crippen LogP) is 7.76. The Morgan fingerprint density at radius 2 is 1.93 bits per heavy atom. The molecule has 6 rings (SSSR count). The van der Waals surface area contributed by atoms with Gasteiger partial charge < -0.3 is 4.42 Å². The predicted molar refractivity (Wildman–Crippen MR) is 128 cm³/mol. The van der Waals surface area contributed by atoms with Crippen molar-refractivity contribution in [1.29, 1.82) is 0 Å². The molecule has 0 N–H and O–H groups in total. The van der Waals surface area contributed by atoms with Gasteiger partial charge in [0.15, 0.2) is 0 Å². The zero-order valence-corrected chi connectivity index (χ0v) is 19.1. The molecule has 3 nitrogen and oxygen atoms in total. The molecule has 150 valence electrons. The number of rotatable bonds is 1. The molecule has 30 heavy (non-hydrogen) atoms. The fourth-order valence-electron chi connectivity index (χ4n) is 4.52. The molecule has 0 fully saturated rings. The molecule has 5 aromatic rings. The highest BCUT2D eigenvalue weighted by molar-refractivity contribution is 7.99. The first-order valence-corrected chi connectivity index (χ1v) is 12.1. The third kappa shape index (κ3) is 2.58. The van der Waals surface area contributed by atoms with E-state index in [9.17, 15) is 0 Å². The van der Waals surface area contributed by atoms with Crippen LogP contribution in [0.4, 0.5) is 0 Å². The minimum absolute atomic E-state index is 0.0518. The molecule has 1 aliphatic heterocycles. The number of furan rings is 1. The maximum Gasteiger partial charge on any atom is 0.231 e. The first kappa shape index (κ1) is 18.4. The van der Waals surface area contributed by atoms with E-state index < -0.39 is 0 Å². The van der Waals surface area contributed by atoms with Crippen LogP contribution in [-0.2, 0) is 5.41 Å². The molecule has 0 saturated heterocycles. The lowest BCUT2D eigenvalue weighted by molar-refractivity contribution is 0.597. The molecule has 0 saturated carbocycles. The summed E-state index contributed by atoms with van der Waals surface area (Å²) in [6.07, 6.45) is 1.63. The van der Waals surface area contributed by atoms with Crippen molar-refractivity contribution < 1.29 is 4.42 Å². The smallest absolute Gasteiger partial charge is 0.231 e. The molecule has 5 heteroatoms. The summed E-state index contributed by atoms with van der Waals surface area (Å²) in [5, 5.41) is 5.67. The van der Waals surface area contributed by atoms with E-state index in [1.165, 1.54) is 31.5 Å². The van der Waals surface area contributed by atoms with Crippen molar-refractivity contribution in [2.45, 2.75) is 43.9 Å². The third-order valence-corrected chi connectivity index (χ3v) is 8.42. The van der Waals surface area contributed by atoms with Crippen molar-refractivity contribution in [2.75, 3.05) is 5.75 Å². The second kappa shape index (κ2) is 6.32. The molecule has 0 spiro atoms. The number of benzene rings is 2. The number of aromatic nitrogens is 2. The molecule has 4 heterocycles. The molecule has 0 radical (unpaired) electrons. The first-order valence-electron chi connectivity index (χ1n) is 10.3. The van der Waals surface area contributed by atoms with Crippen LogP contribution in [0.15, 0.2) is 51.4 Å². The fraction of sp³-hybridized carbons (Fsp3) is 0.280. The Bertz CT molecular complexity index is 1460. The second-order valence-electron chi connectivity index (χ2n) is 9.19. The zero-order valence-electron chi connectivity index (χ0n) is 17.4. The lowest BCUT2D eigenvalue weighted by atomic mass is 9.85. The Balaban J connectivity index is 1.72. The Morgan fingerprint density at radius 3 is 2.77 bits per heavy atom. The van der Waals surface area contributed by atoms with Crippen molar-refractivity contribution in [2.24, 2.45) is 0 Å². The van der Waals surface area contributed by atoms with Gasteiger partial charge in [0.1, 0.15) is 11.9 Å². The summed E-state index contributed by atoms with van der Waals surface area (Å²) in [6, 6.07) is 11.1. The highest BCUT2D eigenvalue weighted by atomic mass is 32.2. The van der Waals surface area contributed by atoms with Crippen LogP contribution in [0.25, 0.3) is 43.4 Å². The van der Waals surface area contributed by atoms with Gasteiger partial charge in [-0.15, -0.1) is 23.1 Å². The van der Waals surface area contributed by atoms with Crippen LogP contribution in [0.3, 0.4) is 0 Å². The van der Waals surface area contributed by atoms with Gasteiger partial charge in [0.2, 0.25) is 5.71 Å². The topological polar surface area (TPSA) is 38.9 Å². The van der Waals surface area contributed by atoms with E-state index in [2.05, 4.69) is 68.4 Å². The summed E-state index contributed by atoms with van der Waals surface area (Å²) in [6.45, 7) is 9.13. The van der Waals surface area contributed by atoms with Gasteiger partial charge in [-0.3, -0.25) is 0 Å². The molecule has 0 amide bonds. The third-order valence-electron chi connectivity index (χ3n) is 6.06. The highest BCUT2D eigenvalue weighted by Gasteiger charge is 2.27. The molecule has 2 aromatic carbocycles. The minimum atomic E-state index is 0.0518. The monoisotopic (exact) mass is 430 g/mol. The van der Waals surface area contributed by atoms with Crippen molar-refractivity contribution in [3.63, 3.8) is 0 Å². The van der Waals surface area contributed by atoms with Gasteiger partial charge in [0.25, 0.3) is 0 Å². The molecule has 1 unspecified atom stereocenters. The van der Waals surface area contributed by atoms with Gasteiger partial charge in [-0.25, -0.2) is 9.97 Å². The van der Waals surface area contributed by atoms with E-state index in [0.29, 0.717) is 11.6 Å². The standard InChI is InChI=1S/C25H22N2OS2/c1-13-11-30-23-16(13)5-6-18-19(23)20-21(26-12-27-24(20)28-18)15-9-14-7-8-29-22(14)17(10-15)25(2,3)4/h5-10,12-13H,11H2,1-4H3. The Labute approximate surface area is 183 Å². The van der Waals surface area contributed by atoms with Crippen LogP contribution >= 0.6 is 23.1 Å². The second-order valence-corrected chi connectivity index (χ2v) is 11.1. The summed E-state index contributed by atoms with van der Waals surface area (Å²) >= 11 is 3.74. The quantitative estimate of drug-likeness (QED) is 0.272. The Hall–Kier alpha value is -2.37. The van der Waals surface area contributed by atoms with Crippen LogP contribution < -0.4 is 0 Å². The number of thioether (sulfide) groups is 1. The molecule has 1 aliphatic rings. The minimum Gasteiger partial charge on any atom is -0.438 e. The van der Waals surface area contributed by atoms with E-state index in [-0.39, 0.29) is 5.41 Å². The molecule has 0 bridgehead atoms. The lowest BCUT2D eigenvalue weighted by Crippen LogP contribution is -2.11. The maximum absolute atomic E-state index is 6.18. The van der Waals surface area contributed by atoms with Crippen molar-refractivity contribution >= 4 is 55.3 Å².